The lowest BCUT2D eigenvalue weighted by Gasteiger charge is -2.17. The molecule has 0 bridgehead atoms. The van der Waals surface area contributed by atoms with Crippen LogP contribution in [0.15, 0.2) is 18.2 Å². The van der Waals surface area contributed by atoms with E-state index in [0.29, 0.717) is 0 Å². The average molecular weight is 235 g/mol. The Hall–Kier alpha value is -0.430. The normalized spacial score (nSPS) is 20.5. The Labute approximate surface area is 95.9 Å². The van der Waals surface area contributed by atoms with Crippen LogP contribution in [0, 0.1) is 0 Å². The van der Waals surface area contributed by atoms with Crippen LogP contribution in [0.2, 0.25) is 0 Å². The molecule has 0 amide bonds. The SMILES string of the molecule is NC1CCCc2c1sc1ccc(P)cc21. The van der Waals surface area contributed by atoms with Crippen molar-refractivity contribution >= 4 is 36.0 Å². The summed E-state index contributed by atoms with van der Waals surface area (Å²) in [6, 6.07) is 6.92. The molecule has 1 heterocycles. The molecule has 0 saturated carbocycles. The first-order chi connectivity index (χ1) is 7.25. The second-order valence-corrected chi connectivity index (χ2v) is 5.95. The van der Waals surface area contributed by atoms with Crippen LogP contribution in [0.4, 0.5) is 0 Å². The number of aryl methyl sites for hydroxylation is 1. The third kappa shape index (κ3) is 1.52. The summed E-state index contributed by atoms with van der Waals surface area (Å²) in [5.74, 6) is 0. The summed E-state index contributed by atoms with van der Waals surface area (Å²) in [4.78, 5) is 1.42. The monoisotopic (exact) mass is 235 g/mol. The van der Waals surface area contributed by atoms with Crippen molar-refractivity contribution in [3.05, 3.63) is 28.6 Å². The minimum atomic E-state index is 0.277. The Morgan fingerprint density at radius 2 is 2.27 bits per heavy atom. The Balaban J connectivity index is 2.31. The topological polar surface area (TPSA) is 26.0 Å². The fourth-order valence-electron chi connectivity index (χ4n) is 2.37. The average Bonchev–Trinajstić information content (AvgIpc) is 2.58. The van der Waals surface area contributed by atoms with Crippen LogP contribution in [0.1, 0.15) is 29.3 Å². The zero-order chi connectivity index (χ0) is 10.4. The molecule has 1 aliphatic carbocycles. The van der Waals surface area contributed by atoms with Crippen LogP contribution in [-0.4, -0.2) is 0 Å². The zero-order valence-corrected chi connectivity index (χ0v) is 10.5. The van der Waals surface area contributed by atoms with Gasteiger partial charge in [0.05, 0.1) is 0 Å². The third-order valence-corrected chi connectivity index (χ3v) is 4.83. The predicted octanol–water partition coefficient (Wildman–Crippen LogP) is 2.74. The van der Waals surface area contributed by atoms with E-state index in [4.69, 9.17) is 5.73 Å². The summed E-state index contributed by atoms with van der Waals surface area (Å²) in [6.07, 6.45) is 3.59. The Bertz CT molecular complexity index is 518. The van der Waals surface area contributed by atoms with E-state index in [1.54, 1.807) is 0 Å². The summed E-state index contributed by atoms with van der Waals surface area (Å²) in [5, 5.41) is 2.69. The standard InChI is InChI=1S/C12H14NPS/c13-10-3-1-2-8-9-6-7(14)4-5-11(9)15-12(8)10/h4-6,10H,1-3,13-14H2. The molecule has 0 fully saturated rings. The summed E-state index contributed by atoms with van der Waals surface area (Å²) in [5.41, 5.74) is 7.67. The van der Waals surface area contributed by atoms with E-state index >= 15 is 0 Å². The smallest absolute Gasteiger partial charge is 0.0393 e. The molecular weight excluding hydrogens is 221 g/mol. The van der Waals surface area contributed by atoms with Gasteiger partial charge in [-0.3, -0.25) is 0 Å². The molecule has 3 heteroatoms. The van der Waals surface area contributed by atoms with Gasteiger partial charge in [0, 0.05) is 15.6 Å². The minimum absolute atomic E-state index is 0.277. The Morgan fingerprint density at radius 3 is 3.13 bits per heavy atom. The minimum Gasteiger partial charge on any atom is -0.323 e. The molecule has 1 nitrogen and oxygen atoms in total. The fourth-order valence-corrected chi connectivity index (χ4v) is 3.90. The van der Waals surface area contributed by atoms with Crippen molar-refractivity contribution in [3.63, 3.8) is 0 Å². The van der Waals surface area contributed by atoms with Crippen LogP contribution >= 0.6 is 20.6 Å². The molecule has 2 unspecified atom stereocenters. The van der Waals surface area contributed by atoms with E-state index < -0.39 is 0 Å². The second-order valence-electron chi connectivity index (χ2n) is 4.20. The molecule has 1 aromatic carbocycles. The second kappa shape index (κ2) is 3.55. The maximum Gasteiger partial charge on any atom is 0.0393 e. The van der Waals surface area contributed by atoms with Gasteiger partial charge in [-0.05, 0) is 47.6 Å². The highest BCUT2D eigenvalue weighted by atomic mass is 32.1. The predicted molar refractivity (Wildman–Crippen MR) is 71.0 cm³/mol. The van der Waals surface area contributed by atoms with Gasteiger partial charge in [0.1, 0.15) is 0 Å². The highest BCUT2D eigenvalue weighted by molar-refractivity contribution is 7.27. The molecule has 3 rings (SSSR count). The molecule has 15 heavy (non-hydrogen) atoms. The molecule has 2 N–H and O–H groups in total. The molecular formula is C12H14NPS. The Kier molecular flexibility index (Phi) is 2.31. The molecule has 0 aliphatic heterocycles. The molecule has 1 aromatic heterocycles. The largest absolute Gasteiger partial charge is 0.323 e. The summed E-state index contributed by atoms with van der Waals surface area (Å²) >= 11 is 1.88. The fraction of sp³-hybridized carbons (Fsp3) is 0.333. The van der Waals surface area contributed by atoms with E-state index in [9.17, 15) is 0 Å². The van der Waals surface area contributed by atoms with E-state index in [0.717, 1.165) is 6.42 Å². The van der Waals surface area contributed by atoms with Crippen molar-refractivity contribution in [2.75, 3.05) is 0 Å². The molecule has 0 saturated heterocycles. The number of thiophene rings is 1. The van der Waals surface area contributed by atoms with Crippen LogP contribution in [0.3, 0.4) is 0 Å². The molecule has 0 spiro atoms. The van der Waals surface area contributed by atoms with Gasteiger partial charge in [0.2, 0.25) is 0 Å². The van der Waals surface area contributed by atoms with E-state index in [2.05, 4.69) is 27.4 Å². The highest BCUT2D eigenvalue weighted by Gasteiger charge is 2.21. The van der Waals surface area contributed by atoms with Gasteiger partial charge in [-0.15, -0.1) is 20.6 Å². The molecule has 0 radical (unpaired) electrons. The lowest BCUT2D eigenvalue weighted by atomic mass is 9.93. The van der Waals surface area contributed by atoms with Crippen molar-refractivity contribution in [1.29, 1.82) is 0 Å². The number of nitrogens with two attached hydrogens (primary N) is 1. The third-order valence-electron chi connectivity index (χ3n) is 3.12. The van der Waals surface area contributed by atoms with Gasteiger partial charge in [0.25, 0.3) is 0 Å². The van der Waals surface area contributed by atoms with Crippen LogP contribution in [0.5, 0.6) is 0 Å². The molecule has 2 atom stereocenters. The van der Waals surface area contributed by atoms with Crippen molar-refractivity contribution in [2.24, 2.45) is 5.73 Å². The van der Waals surface area contributed by atoms with Crippen molar-refractivity contribution in [2.45, 2.75) is 25.3 Å². The number of fused-ring (bicyclic) bond motifs is 3. The first-order valence-electron chi connectivity index (χ1n) is 5.32. The number of benzene rings is 1. The number of rotatable bonds is 0. The van der Waals surface area contributed by atoms with Gasteiger partial charge in [-0.25, -0.2) is 0 Å². The lowest BCUT2D eigenvalue weighted by Crippen LogP contribution is -2.14. The molecule has 1 aliphatic rings. The van der Waals surface area contributed by atoms with Crippen molar-refractivity contribution in [3.8, 4) is 0 Å². The van der Waals surface area contributed by atoms with E-state index in [-0.39, 0.29) is 6.04 Å². The lowest BCUT2D eigenvalue weighted by molar-refractivity contribution is 0.584. The molecule has 2 aromatic rings. The number of hydrogen-bond acceptors (Lipinski definition) is 2. The van der Waals surface area contributed by atoms with Gasteiger partial charge in [-0.2, -0.15) is 0 Å². The summed E-state index contributed by atoms with van der Waals surface area (Å²) in [7, 11) is 2.77. The van der Waals surface area contributed by atoms with E-state index in [1.165, 1.54) is 38.7 Å². The van der Waals surface area contributed by atoms with Crippen LogP contribution in [0.25, 0.3) is 10.1 Å². The van der Waals surface area contributed by atoms with Gasteiger partial charge in [-0.1, -0.05) is 6.07 Å². The van der Waals surface area contributed by atoms with E-state index in [1.807, 2.05) is 11.3 Å². The Morgan fingerprint density at radius 1 is 1.40 bits per heavy atom. The van der Waals surface area contributed by atoms with Gasteiger partial charge in [0.15, 0.2) is 0 Å². The maximum absolute atomic E-state index is 6.15. The first-order valence-corrected chi connectivity index (χ1v) is 6.71. The van der Waals surface area contributed by atoms with Crippen molar-refractivity contribution < 1.29 is 0 Å². The first kappa shape index (κ1) is 9.77. The van der Waals surface area contributed by atoms with Crippen LogP contribution < -0.4 is 11.0 Å². The highest BCUT2D eigenvalue weighted by Crippen LogP contribution is 2.39. The quantitative estimate of drug-likeness (QED) is 0.698. The zero-order valence-electron chi connectivity index (χ0n) is 8.49. The number of hydrogen-bond donors (Lipinski definition) is 1. The summed E-state index contributed by atoms with van der Waals surface area (Å²) in [6.45, 7) is 0. The van der Waals surface area contributed by atoms with Crippen LogP contribution in [-0.2, 0) is 6.42 Å². The van der Waals surface area contributed by atoms with Gasteiger partial charge >= 0.3 is 0 Å². The van der Waals surface area contributed by atoms with Gasteiger partial charge < -0.3 is 5.73 Å². The summed E-state index contributed by atoms with van der Waals surface area (Å²) < 4.78 is 1.39. The van der Waals surface area contributed by atoms with Crippen molar-refractivity contribution in [1.82, 2.24) is 0 Å². The maximum atomic E-state index is 6.15. The molecule has 78 valence electrons.